The van der Waals surface area contributed by atoms with Crippen molar-refractivity contribution in [2.45, 2.75) is 26.9 Å². The summed E-state index contributed by atoms with van der Waals surface area (Å²) in [6.45, 7) is 4.37. The van der Waals surface area contributed by atoms with Crippen LogP contribution in [-0.4, -0.2) is 30.4 Å². The second-order valence-electron chi connectivity index (χ2n) is 5.18. The summed E-state index contributed by atoms with van der Waals surface area (Å²) in [6, 6.07) is 0. The summed E-state index contributed by atoms with van der Waals surface area (Å²) < 4.78 is 3.14. The molecule has 9 nitrogen and oxygen atoms in total. The zero-order chi connectivity index (χ0) is 16.3. The first kappa shape index (κ1) is 15.7. The molecule has 0 saturated heterocycles. The molecule has 118 valence electrons. The molecule has 2 rings (SSSR count). The van der Waals surface area contributed by atoms with E-state index in [0.29, 0.717) is 6.54 Å². The van der Waals surface area contributed by atoms with Gasteiger partial charge in [0.15, 0.2) is 0 Å². The quantitative estimate of drug-likeness (QED) is 0.627. The van der Waals surface area contributed by atoms with Gasteiger partial charge in [-0.2, -0.15) is 10.2 Å². The molecule has 0 aliphatic carbocycles. The number of rotatable bonds is 6. The standard InChI is InChI=1S/C13H18N6O3/c1-9(7-18-8-12(6-16-18)19(21)22)13(20)14-4-11-5-15-17(3)10(11)2/h5-6,8-9H,4,7H2,1-3H3,(H,14,20). The van der Waals surface area contributed by atoms with E-state index in [2.05, 4.69) is 15.5 Å². The number of hydrogen-bond acceptors (Lipinski definition) is 5. The van der Waals surface area contributed by atoms with E-state index in [1.54, 1.807) is 17.8 Å². The SMILES string of the molecule is Cc1c(CNC(=O)C(C)Cn2cc([N+](=O)[O-])cn2)cnn1C. The molecule has 2 heterocycles. The van der Waals surface area contributed by atoms with Crippen LogP contribution in [0.15, 0.2) is 18.6 Å². The third-order valence-corrected chi connectivity index (χ3v) is 3.53. The Bertz CT molecular complexity index is 690. The van der Waals surface area contributed by atoms with E-state index >= 15 is 0 Å². The Morgan fingerprint density at radius 1 is 1.45 bits per heavy atom. The van der Waals surface area contributed by atoms with Crippen LogP contribution in [-0.2, 0) is 24.9 Å². The lowest BCUT2D eigenvalue weighted by atomic mass is 10.1. The molecule has 0 aliphatic heterocycles. The third kappa shape index (κ3) is 3.48. The van der Waals surface area contributed by atoms with Crippen molar-refractivity contribution in [3.05, 3.63) is 40.0 Å². The van der Waals surface area contributed by atoms with E-state index in [1.807, 2.05) is 14.0 Å². The number of carbonyl (C=O) groups excluding carboxylic acids is 1. The number of hydrogen-bond donors (Lipinski definition) is 1. The molecule has 2 aromatic heterocycles. The van der Waals surface area contributed by atoms with Crippen molar-refractivity contribution in [3.8, 4) is 0 Å². The maximum Gasteiger partial charge on any atom is 0.306 e. The lowest BCUT2D eigenvalue weighted by Crippen LogP contribution is -2.31. The van der Waals surface area contributed by atoms with Crippen LogP contribution in [0, 0.1) is 23.0 Å². The van der Waals surface area contributed by atoms with Crippen molar-refractivity contribution >= 4 is 11.6 Å². The van der Waals surface area contributed by atoms with Crippen LogP contribution >= 0.6 is 0 Å². The molecule has 9 heteroatoms. The second kappa shape index (κ2) is 6.37. The van der Waals surface area contributed by atoms with Gasteiger partial charge >= 0.3 is 5.69 Å². The molecule has 1 amide bonds. The normalized spacial score (nSPS) is 12.1. The van der Waals surface area contributed by atoms with Crippen LogP contribution in [0.25, 0.3) is 0 Å². The fourth-order valence-corrected chi connectivity index (χ4v) is 1.98. The number of nitro groups is 1. The Morgan fingerprint density at radius 2 is 2.18 bits per heavy atom. The van der Waals surface area contributed by atoms with E-state index in [1.165, 1.54) is 17.1 Å². The first-order valence-electron chi connectivity index (χ1n) is 6.80. The molecule has 0 spiro atoms. The minimum atomic E-state index is -0.514. The molecule has 2 aromatic rings. The second-order valence-corrected chi connectivity index (χ2v) is 5.18. The highest BCUT2D eigenvalue weighted by molar-refractivity contribution is 5.78. The molecule has 22 heavy (non-hydrogen) atoms. The Morgan fingerprint density at radius 3 is 2.73 bits per heavy atom. The zero-order valence-electron chi connectivity index (χ0n) is 12.7. The van der Waals surface area contributed by atoms with E-state index in [9.17, 15) is 14.9 Å². The first-order chi connectivity index (χ1) is 10.4. The number of aryl methyl sites for hydroxylation is 1. The predicted molar refractivity (Wildman–Crippen MR) is 77.8 cm³/mol. The average Bonchev–Trinajstić information content (AvgIpc) is 3.05. The number of nitrogens with zero attached hydrogens (tertiary/aromatic N) is 5. The van der Waals surface area contributed by atoms with Gasteiger partial charge in [-0.25, -0.2) is 0 Å². The third-order valence-electron chi connectivity index (χ3n) is 3.53. The van der Waals surface area contributed by atoms with Gasteiger partial charge < -0.3 is 5.32 Å². The summed E-state index contributed by atoms with van der Waals surface area (Å²) in [5, 5.41) is 21.4. The predicted octanol–water partition coefficient (Wildman–Crippen LogP) is 0.786. The molecule has 0 fully saturated rings. The summed E-state index contributed by atoms with van der Waals surface area (Å²) in [5.41, 5.74) is 1.87. The fourth-order valence-electron chi connectivity index (χ4n) is 1.98. The average molecular weight is 306 g/mol. The van der Waals surface area contributed by atoms with E-state index < -0.39 is 4.92 Å². The molecular weight excluding hydrogens is 288 g/mol. The summed E-state index contributed by atoms with van der Waals surface area (Å²) in [5.74, 6) is -0.488. The van der Waals surface area contributed by atoms with Crippen LogP contribution in [0.3, 0.4) is 0 Å². The maximum absolute atomic E-state index is 12.1. The van der Waals surface area contributed by atoms with Crippen LogP contribution in [0.2, 0.25) is 0 Å². The Labute approximate surface area is 127 Å². The van der Waals surface area contributed by atoms with Crippen molar-refractivity contribution in [1.29, 1.82) is 0 Å². The highest BCUT2D eigenvalue weighted by atomic mass is 16.6. The minimum Gasteiger partial charge on any atom is -0.352 e. The van der Waals surface area contributed by atoms with Crippen LogP contribution in [0.1, 0.15) is 18.2 Å². The van der Waals surface area contributed by atoms with E-state index in [0.717, 1.165) is 11.3 Å². The largest absolute Gasteiger partial charge is 0.352 e. The van der Waals surface area contributed by atoms with Gasteiger partial charge in [0.2, 0.25) is 5.91 Å². The number of aromatic nitrogens is 4. The van der Waals surface area contributed by atoms with Crippen LogP contribution < -0.4 is 5.32 Å². The topological polar surface area (TPSA) is 108 Å². The minimum absolute atomic E-state index is 0.0846. The monoisotopic (exact) mass is 306 g/mol. The Balaban J connectivity index is 1.88. The van der Waals surface area contributed by atoms with Gasteiger partial charge in [0.1, 0.15) is 12.4 Å². The van der Waals surface area contributed by atoms with Gasteiger partial charge in [0.05, 0.1) is 23.6 Å². The Kier molecular flexibility index (Phi) is 4.54. The molecule has 0 radical (unpaired) electrons. The van der Waals surface area contributed by atoms with Gasteiger partial charge in [-0.15, -0.1) is 0 Å². The van der Waals surface area contributed by atoms with Gasteiger partial charge in [-0.3, -0.25) is 24.3 Å². The number of amides is 1. The molecule has 0 aliphatic rings. The Hall–Kier alpha value is -2.71. The molecule has 1 N–H and O–H groups in total. The molecule has 0 bridgehead atoms. The van der Waals surface area contributed by atoms with Gasteiger partial charge in [-0.05, 0) is 6.92 Å². The maximum atomic E-state index is 12.1. The molecule has 1 atom stereocenters. The van der Waals surface area contributed by atoms with Crippen molar-refractivity contribution < 1.29 is 9.72 Å². The molecule has 0 saturated carbocycles. The van der Waals surface area contributed by atoms with Gasteiger partial charge in [0, 0.05) is 24.8 Å². The van der Waals surface area contributed by atoms with E-state index in [-0.39, 0.29) is 24.1 Å². The summed E-state index contributed by atoms with van der Waals surface area (Å²) in [4.78, 5) is 22.1. The lowest BCUT2D eigenvalue weighted by molar-refractivity contribution is -0.385. The first-order valence-corrected chi connectivity index (χ1v) is 6.80. The zero-order valence-corrected chi connectivity index (χ0v) is 12.7. The van der Waals surface area contributed by atoms with Crippen molar-refractivity contribution in [1.82, 2.24) is 24.9 Å². The molecule has 1 unspecified atom stereocenters. The van der Waals surface area contributed by atoms with Crippen molar-refractivity contribution in [3.63, 3.8) is 0 Å². The summed E-state index contributed by atoms with van der Waals surface area (Å²) in [6.07, 6.45) is 4.20. The van der Waals surface area contributed by atoms with Gasteiger partial charge in [-0.1, -0.05) is 6.92 Å². The van der Waals surface area contributed by atoms with Crippen molar-refractivity contribution in [2.75, 3.05) is 0 Å². The summed E-state index contributed by atoms with van der Waals surface area (Å²) >= 11 is 0. The smallest absolute Gasteiger partial charge is 0.306 e. The highest BCUT2D eigenvalue weighted by Gasteiger charge is 2.16. The van der Waals surface area contributed by atoms with Crippen LogP contribution in [0.5, 0.6) is 0 Å². The number of carbonyl (C=O) groups is 1. The molecular formula is C13H18N6O3. The number of nitrogens with one attached hydrogen (secondary N) is 1. The van der Waals surface area contributed by atoms with Gasteiger partial charge in [0.25, 0.3) is 0 Å². The van der Waals surface area contributed by atoms with E-state index in [4.69, 9.17) is 0 Å². The van der Waals surface area contributed by atoms with Crippen molar-refractivity contribution in [2.24, 2.45) is 13.0 Å². The summed E-state index contributed by atoms with van der Waals surface area (Å²) in [7, 11) is 1.84. The lowest BCUT2D eigenvalue weighted by Gasteiger charge is -2.12. The fraction of sp³-hybridized carbons (Fsp3) is 0.462. The highest BCUT2D eigenvalue weighted by Crippen LogP contribution is 2.10. The molecule has 0 aromatic carbocycles. The van der Waals surface area contributed by atoms with Crippen LogP contribution in [0.4, 0.5) is 5.69 Å².